The summed E-state index contributed by atoms with van der Waals surface area (Å²) in [6.45, 7) is 4.01. The van der Waals surface area contributed by atoms with Crippen LogP contribution in [0, 0.1) is 0 Å². The van der Waals surface area contributed by atoms with Crippen molar-refractivity contribution >= 4 is 17.5 Å². The third-order valence-electron chi connectivity index (χ3n) is 4.47. The Hall–Kier alpha value is -2.66. The number of hydrogen-bond donors (Lipinski definition) is 3. The first kappa shape index (κ1) is 17.7. The van der Waals surface area contributed by atoms with E-state index in [1.54, 1.807) is 29.7 Å². The summed E-state index contributed by atoms with van der Waals surface area (Å²) >= 11 is 0. The first-order valence-corrected chi connectivity index (χ1v) is 7.99. The summed E-state index contributed by atoms with van der Waals surface area (Å²) in [4.78, 5) is 24.3. The fourth-order valence-electron chi connectivity index (χ4n) is 2.89. The van der Waals surface area contributed by atoms with E-state index in [2.05, 4.69) is 5.32 Å². The van der Waals surface area contributed by atoms with Gasteiger partial charge in [-0.15, -0.1) is 0 Å². The van der Waals surface area contributed by atoms with Crippen molar-refractivity contribution in [3.8, 4) is 0 Å². The molecule has 0 aliphatic heterocycles. The second-order valence-electron chi connectivity index (χ2n) is 5.63. The smallest absolute Gasteiger partial charge is 0.274 e. The molecule has 2 amide bonds. The van der Waals surface area contributed by atoms with Crippen molar-refractivity contribution in [1.29, 1.82) is 0 Å². The monoisotopic (exact) mass is 326 g/mol. The van der Waals surface area contributed by atoms with Crippen LogP contribution >= 0.6 is 0 Å². The summed E-state index contributed by atoms with van der Waals surface area (Å²) in [5.74, 6) is -0.660. The average molecular weight is 326 g/mol. The van der Waals surface area contributed by atoms with E-state index in [0.29, 0.717) is 24.1 Å². The number of anilines is 1. The molecule has 24 heavy (non-hydrogen) atoms. The molecular weight excluding hydrogens is 304 g/mol. The van der Waals surface area contributed by atoms with Gasteiger partial charge in [0, 0.05) is 11.3 Å². The third-order valence-corrected chi connectivity index (χ3v) is 4.47. The van der Waals surface area contributed by atoms with Crippen molar-refractivity contribution in [3.63, 3.8) is 0 Å². The first-order chi connectivity index (χ1) is 11.6. The van der Waals surface area contributed by atoms with Crippen molar-refractivity contribution < 1.29 is 14.8 Å². The van der Waals surface area contributed by atoms with Crippen LogP contribution in [0.25, 0.3) is 0 Å². The van der Waals surface area contributed by atoms with E-state index in [4.69, 9.17) is 5.21 Å². The lowest BCUT2D eigenvalue weighted by Crippen LogP contribution is -2.39. The number of benzene rings is 2. The van der Waals surface area contributed by atoms with E-state index in [9.17, 15) is 9.59 Å². The molecule has 5 heteroatoms. The number of amides is 2. The van der Waals surface area contributed by atoms with Crippen LogP contribution in [-0.2, 0) is 10.2 Å². The third kappa shape index (κ3) is 3.46. The van der Waals surface area contributed by atoms with Crippen LogP contribution in [0.5, 0.6) is 0 Å². The van der Waals surface area contributed by atoms with E-state index < -0.39 is 11.3 Å². The molecule has 2 rings (SSSR count). The van der Waals surface area contributed by atoms with Crippen LogP contribution in [-0.4, -0.2) is 17.0 Å². The van der Waals surface area contributed by atoms with Crippen LogP contribution in [0.1, 0.15) is 42.6 Å². The van der Waals surface area contributed by atoms with Gasteiger partial charge in [0.05, 0.1) is 5.41 Å². The molecule has 0 spiro atoms. The Morgan fingerprint density at radius 1 is 0.958 bits per heavy atom. The predicted molar refractivity (Wildman–Crippen MR) is 93.0 cm³/mol. The zero-order chi connectivity index (χ0) is 17.6. The van der Waals surface area contributed by atoms with Gasteiger partial charge in [-0.2, -0.15) is 0 Å². The normalized spacial score (nSPS) is 11.0. The van der Waals surface area contributed by atoms with Crippen LogP contribution in [0.2, 0.25) is 0 Å². The maximum Gasteiger partial charge on any atom is 0.274 e. The SMILES string of the molecule is CCC(CC)(C(=O)Nc1ccc(C(=O)NO)cc1)c1ccccc1. The Kier molecular flexibility index (Phi) is 5.71. The quantitative estimate of drug-likeness (QED) is 0.561. The van der Waals surface area contributed by atoms with Gasteiger partial charge in [0.25, 0.3) is 5.91 Å². The zero-order valence-electron chi connectivity index (χ0n) is 13.9. The largest absolute Gasteiger partial charge is 0.325 e. The molecule has 0 aliphatic carbocycles. The van der Waals surface area contributed by atoms with Crippen molar-refractivity contribution in [2.75, 3.05) is 5.32 Å². The van der Waals surface area contributed by atoms with E-state index >= 15 is 0 Å². The number of nitrogens with one attached hydrogen (secondary N) is 2. The van der Waals surface area contributed by atoms with Gasteiger partial charge in [-0.05, 0) is 42.7 Å². The Morgan fingerprint density at radius 2 is 1.54 bits per heavy atom. The standard InChI is InChI=1S/C19H22N2O3/c1-3-19(4-2,15-8-6-5-7-9-15)18(23)20-16-12-10-14(11-13-16)17(22)21-24/h5-13,24H,3-4H2,1-2H3,(H,20,23)(H,21,22). The summed E-state index contributed by atoms with van der Waals surface area (Å²) in [6, 6.07) is 16.1. The predicted octanol–water partition coefficient (Wildman–Crippen LogP) is 3.50. The summed E-state index contributed by atoms with van der Waals surface area (Å²) in [5, 5.41) is 11.6. The fourth-order valence-corrected chi connectivity index (χ4v) is 2.89. The van der Waals surface area contributed by atoms with Crippen molar-refractivity contribution in [2.45, 2.75) is 32.1 Å². The van der Waals surface area contributed by atoms with Gasteiger partial charge in [0.2, 0.25) is 5.91 Å². The first-order valence-electron chi connectivity index (χ1n) is 7.99. The molecule has 0 saturated heterocycles. The summed E-state index contributed by atoms with van der Waals surface area (Å²) < 4.78 is 0. The molecule has 5 nitrogen and oxygen atoms in total. The van der Waals surface area contributed by atoms with E-state index in [0.717, 1.165) is 5.56 Å². The minimum atomic E-state index is -0.595. The Labute approximate surface area is 141 Å². The van der Waals surface area contributed by atoms with Crippen LogP contribution in [0.3, 0.4) is 0 Å². The molecule has 0 heterocycles. The Morgan fingerprint density at radius 3 is 2.04 bits per heavy atom. The van der Waals surface area contributed by atoms with Gasteiger partial charge in [0.15, 0.2) is 0 Å². The summed E-state index contributed by atoms with van der Waals surface area (Å²) in [5.41, 5.74) is 2.90. The molecular formula is C19H22N2O3. The van der Waals surface area contributed by atoms with E-state index in [-0.39, 0.29) is 5.91 Å². The number of rotatable bonds is 6. The fraction of sp³-hybridized carbons (Fsp3) is 0.263. The van der Waals surface area contributed by atoms with Crippen LogP contribution in [0.15, 0.2) is 54.6 Å². The molecule has 126 valence electrons. The number of hydroxylamine groups is 1. The highest BCUT2D eigenvalue weighted by Gasteiger charge is 2.36. The lowest BCUT2D eigenvalue weighted by Gasteiger charge is -2.31. The van der Waals surface area contributed by atoms with Gasteiger partial charge in [-0.25, -0.2) is 5.48 Å². The van der Waals surface area contributed by atoms with Crippen molar-refractivity contribution in [3.05, 3.63) is 65.7 Å². The molecule has 2 aromatic rings. The Balaban J connectivity index is 2.24. The van der Waals surface area contributed by atoms with Gasteiger partial charge >= 0.3 is 0 Å². The van der Waals surface area contributed by atoms with Crippen molar-refractivity contribution in [2.24, 2.45) is 0 Å². The molecule has 2 aromatic carbocycles. The zero-order valence-corrected chi connectivity index (χ0v) is 13.9. The highest BCUT2D eigenvalue weighted by Crippen LogP contribution is 2.33. The topological polar surface area (TPSA) is 78.4 Å². The Bertz CT molecular complexity index is 692. The molecule has 0 fully saturated rings. The maximum atomic E-state index is 12.9. The lowest BCUT2D eigenvalue weighted by molar-refractivity contribution is -0.121. The summed E-state index contributed by atoms with van der Waals surface area (Å²) in [7, 11) is 0. The molecule has 3 N–H and O–H groups in total. The summed E-state index contributed by atoms with van der Waals surface area (Å²) in [6.07, 6.45) is 1.37. The van der Waals surface area contributed by atoms with E-state index in [1.165, 1.54) is 0 Å². The minimum Gasteiger partial charge on any atom is -0.325 e. The van der Waals surface area contributed by atoms with Crippen molar-refractivity contribution in [1.82, 2.24) is 5.48 Å². The minimum absolute atomic E-state index is 0.0712. The molecule has 0 aliphatic rings. The van der Waals surface area contributed by atoms with Crippen LogP contribution in [0.4, 0.5) is 5.69 Å². The molecule has 0 aromatic heterocycles. The van der Waals surface area contributed by atoms with Gasteiger partial charge in [-0.3, -0.25) is 14.8 Å². The maximum absolute atomic E-state index is 12.9. The van der Waals surface area contributed by atoms with Gasteiger partial charge in [0.1, 0.15) is 0 Å². The molecule has 0 bridgehead atoms. The lowest BCUT2D eigenvalue weighted by atomic mass is 9.75. The molecule has 0 radical (unpaired) electrons. The van der Waals surface area contributed by atoms with Gasteiger partial charge < -0.3 is 5.32 Å². The van der Waals surface area contributed by atoms with Crippen LogP contribution < -0.4 is 10.8 Å². The number of carbonyl (C=O) groups excluding carboxylic acids is 2. The molecule has 0 unspecified atom stereocenters. The van der Waals surface area contributed by atoms with E-state index in [1.807, 2.05) is 44.2 Å². The molecule has 0 atom stereocenters. The highest BCUT2D eigenvalue weighted by atomic mass is 16.5. The number of carbonyl (C=O) groups is 2. The molecule has 0 saturated carbocycles. The van der Waals surface area contributed by atoms with Gasteiger partial charge in [-0.1, -0.05) is 44.2 Å². The second kappa shape index (κ2) is 7.75. The number of hydrogen-bond acceptors (Lipinski definition) is 3. The highest BCUT2D eigenvalue weighted by molar-refractivity contribution is 6.00. The average Bonchev–Trinajstić information content (AvgIpc) is 2.64. The second-order valence-corrected chi connectivity index (χ2v) is 5.63.